The van der Waals surface area contributed by atoms with Crippen LogP contribution in [0.3, 0.4) is 0 Å². The summed E-state index contributed by atoms with van der Waals surface area (Å²) < 4.78 is 0. The molecule has 0 bridgehead atoms. The van der Waals surface area contributed by atoms with Crippen LogP contribution >= 0.6 is 0 Å². The van der Waals surface area contributed by atoms with Crippen LogP contribution in [0.4, 0.5) is 0 Å². The summed E-state index contributed by atoms with van der Waals surface area (Å²) in [6.45, 7) is 8.49. The van der Waals surface area contributed by atoms with Crippen molar-refractivity contribution < 1.29 is 0 Å². The molecule has 0 spiro atoms. The average molecular weight is 165 g/mol. The maximum absolute atomic E-state index is 4.02. The van der Waals surface area contributed by atoms with Gasteiger partial charge in [0.2, 0.25) is 0 Å². The van der Waals surface area contributed by atoms with Crippen LogP contribution < -0.4 is 0 Å². The molecule has 0 amide bonds. The molecule has 0 aromatic rings. The highest BCUT2D eigenvalue weighted by Gasteiger charge is 2.16. The van der Waals surface area contributed by atoms with Gasteiger partial charge in [-0.25, -0.2) is 0 Å². The first-order valence-corrected chi connectivity index (χ1v) is 5.21. The maximum Gasteiger partial charge on any atom is -0.0201 e. The summed E-state index contributed by atoms with van der Waals surface area (Å²) in [6.07, 6.45) is 8.16. The Bertz CT molecular complexity index is 155. The summed E-state index contributed by atoms with van der Waals surface area (Å²) in [5.41, 5.74) is 3.15. The molecule has 0 N–H and O–H groups in total. The second-order valence-electron chi connectivity index (χ2n) is 4.11. The Hall–Kier alpha value is -0.260. The van der Waals surface area contributed by atoms with E-state index in [1.165, 1.54) is 37.7 Å². The molecule has 1 fully saturated rings. The average Bonchev–Trinajstić information content (AvgIpc) is 2.07. The Labute approximate surface area is 77.1 Å². The molecule has 69 valence electrons. The molecule has 0 aromatic carbocycles. The Balaban J connectivity index is 2.59. The van der Waals surface area contributed by atoms with E-state index in [4.69, 9.17) is 0 Å². The highest BCUT2D eigenvalue weighted by molar-refractivity contribution is 5.14. The van der Waals surface area contributed by atoms with Crippen LogP contribution in [0.2, 0.25) is 0 Å². The fourth-order valence-electron chi connectivity index (χ4n) is 2.31. The van der Waals surface area contributed by atoms with Crippen LogP contribution in [0.5, 0.6) is 0 Å². The molecule has 0 atom stereocenters. The van der Waals surface area contributed by atoms with Gasteiger partial charge in [0.05, 0.1) is 0 Å². The molecule has 0 aliphatic heterocycles. The normalized spacial score (nSPS) is 19.2. The van der Waals surface area contributed by atoms with E-state index in [0.29, 0.717) is 0 Å². The number of hydrogen-bond donors (Lipinski definition) is 0. The van der Waals surface area contributed by atoms with Crippen LogP contribution in [0.1, 0.15) is 52.4 Å². The van der Waals surface area contributed by atoms with Crippen molar-refractivity contribution in [2.45, 2.75) is 52.4 Å². The van der Waals surface area contributed by atoms with Crippen LogP contribution in [-0.2, 0) is 0 Å². The van der Waals surface area contributed by atoms with Gasteiger partial charge in [0, 0.05) is 0 Å². The zero-order valence-electron chi connectivity index (χ0n) is 8.53. The topological polar surface area (TPSA) is 0 Å². The molecule has 0 saturated heterocycles. The third kappa shape index (κ3) is 2.36. The molecule has 1 rings (SSSR count). The molecule has 12 heavy (non-hydrogen) atoms. The monoisotopic (exact) mass is 165 g/mol. The van der Waals surface area contributed by atoms with Gasteiger partial charge in [-0.2, -0.15) is 0 Å². The molecule has 1 aliphatic carbocycles. The predicted molar refractivity (Wildman–Crippen MR) is 54.9 cm³/mol. The van der Waals surface area contributed by atoms with Crippen LogP contribution in [0, 0.1) is 12.8 Å². The fraction of sp³-hybridized carbons (Fsp3) is 0.750. The van der Waals surface area contributed by atoms with Crippen molar-refractivity contribution in [1.82, 2.24) is 0 Å². The third-order valence-corrected chi connectivity index (χ3v) is 3.01. The quantitative estimate of drug-likeness (QED) is 0.540. The van der Waals surface area contributed by atoms with Crippen LogP contribution in [-0.4, -0.2) is 0 Å². The van der Waals surface area contributed by atoms with Gasteiger partial charge in [0.15, 0.2) is 0 Å². The van der Waals surface area contributed by atoms with Crippen molar-refractivity contribution in [3.8, 4) is 0 Å². The largest absolute Gasteiger partial charge is 0.0770 e. The van der Waals surface area contributed by atoms with Gasteiger partial charge in [0.1, 0.15) is 0 Å². The van der Waals surface area contributed by atoms with E-state index in [2.05, 4.69) is 20.8 Å². The van der Waals surface area contributed by atoms with Gasteiger partial charge in [0.25, 0.3) is 0 Å². The fourth-order valence-corrected chi connectivity index (χ4v) is 2.31. The van der Waals surface area contributed by atoms with Gasteiger partial charge in [-0.1, -0.05) is 30.4 Å². The number of rotatable bonds is 2. The minimum Gasteiger partial charge on any atom is -0.0770 e. The Kier molecular flexibility index (Phi) is 3.84. The zero-order valence-corrected chi connectivity index (χ0v) is 8.53. The molecule has 1 aliphatic rings. The Morgan fingerprint density at radius 1 is 1.17 bits per heavy atom. The minimum atomic E-state index is 0.876. The lowest BCUT2D eigenvalue weighted by molar-refractivity contribution is 0.396. The third-order valence-electron chi connectivity index (χ3n) is 3.01. The molecule has 0 heteroatoms. The van der Waals surface area contributed by atoms with Gasteiger partial charge < -0.3 is 0 Å². The zero-order chi connectivity index (χ0) is 8.97. The Morgan fingerprint density at radius 2 is 1.75 bits per heavy atom. The number of hydrogen-bond acceptors (Lipinski definition) is 0. The van der Waals surface area contributed by atoms with Gasteiger partial charge in [-0.3, -0.25) is 0 Å². The molecular weight excluding hydrogens is 144 g/mol. The van der Waals surface area contributed by atoms with E-state index >= 15 is 0 Å². The summed E-state index contributed by atoms with van der Waals surface area (Å²) in [4.78, 5) is 0. The van der Waals surface area contributed by atoms with Gasteiger partial charge >= 0.3 is 0 Å². The summed E-state index contributed by atoms with van der Waals surface area (Å²) in [6, 6.07) is 0. The summed E-state index contributed by atoms with van der Waals surface area (Å²) in [5.74, 6) is 0.876. The highest BCUT2D eigenvalue weighted by atomic mass is 14.2. The van der Waals surface area contributed by atoms with E-state index in [-0.39, 0.29) is 0 Å². The van der Waals surface area contributed by atoms with Crippen molar-refractivity contribution in [3.63, 3.8) is 0 Å². The molecule has 0 nitrogen and oxygen atoms in total. The van der Waals surface area contributed by atoms with Crippen LogP contribution in [0.15, 0.2) is 11.1 Å². The van der Waals surface area contributed by atoms with Crippen molar-refractivity contribution in [2.24, 2.45) is 5.92 Å². The highest BCUT2D eigenvalue weighted by Crippen LogP contribution is 2.32. The van der Waals surface area contributed by atoms with Crippen molar-refractivity contribution >= 4 is 0 Å². The summed E-state index contributed by atoms with van der Waals surface area (Å²) in [7, 11) is 0. The Morgan fingerprint density at radius 3 is 2.17 bits per heavy atom. The summed E-state index contributed by atoms with van der Waals surface area (Å²) in [5, 5.41) is 0. The summed E-state index contributed by atoms with van der Waals surface area (Å²) >= 11 is 0. The second-order valence-corrected chi connectivity index (χ2v) is 4.11. The second kappa shape index (κ2) is 4.69. The van der Waals surface area contributed by atoms with Crippen molar-refractivity contribution in [3.05, 3.63) is 18.1 Å². The van der Waals surface area contributed by atoms with Gasteiger partial charge in [-0.05, 0) is 46.0 Å². The van der Waals surface area contributed by atoms with Crippen molar-refractivity contribution in [1.29, 1.82) is 0 Å². The smallest absolute Gasteiger partial charge is 0.0201 e. The molecule has 0 aromatic heterocycles. The lowest BCUT2D eigenvalue weighted by atomic mass is 9.81. The SMILES string of the molecule is [CH2]CC(=C(C)C)C1CCCCC1. The molecule has 0 heterocycles. The number of allylic oxidation sites excluding steroid dienone is 2. The maximum atomic E-state index is 4.02. The van der Waals surface area contributed by atoms with E-state index in [1.54, 1.807) is 5.57 Å². The predicted octanol–water partition coefficient (Wildman–Crippen LogP) is 4.13. The first kappa shape index (κ1) is 9.83. The van der Waals surface area contributed by atoms with Crippen molar-refractivity contribution in [2.75, 3.05) is 0 Å². The van der Waals surface area contributed by atoms with E-state index < -0.39 is 0 Å². The first-order chi connectivity index (χ1) is 5.75. The van der Waals surface area contributed by atoms with E-state index in [0.717, 1.165) is 12.3 Å². The lowest BCUT2D eigenvalue weighted by Crippen LogP contribution is -2.09. The van der Waals surface area contributed by atoms with E-state index in [9.17, 15) is 0 Å². The van der Waals surface area contributed by atoms with Gasteiger partial charge in [-0.15, -0.1) is 0 Å². The minimum absolute atomic E-state index is 0.876. The van der Waals surface area contributed by atoms with E-state index in [1.807, 2.05) is 0 Å². The molecule has 1 radical (unpaired) electrons. The van der Waals surface area contributed by atoms with Crippen LogP contribution in [0.25, 0.3) is 0 Å². The molecule has 0 unspecified atom stereocenters. The first-order valence-electron chi connectivity index (χ1n) is 5.21. The molecular formula is C12H21. The molecule has 1 saturated carbocycles. The lowest BCUT2D eigenvalue weighted by Gasteiger charge is -2.25. The standard InChI is InChI=1S/C12H21/c1-4-12(10(2)3)11-8-6-5-7-9-11/h11H,1,4-9H2,2-3H3.